The van der Waals surface area contributed by atoms with Crippen molar-refractivity contribution in [1.82, 2.24) is 24.8 Å². The number of carbonyl (C=O) groups excluding carboxylic acids is 1. The SMILES string of the molecule is Cc1nc2cc(-c3ccc4ncc(N5CCN(C(=O)CN)CC5)nc4n3)ccc2o1. The van der Waals surface area contributed by atoms with Crippen molar-refractivity contribution in [1.29, 1.82) is 0 Å². The van der Waals surface area contributed by atoms with Crippen molar-refractivity contribution >= 4 is 34.0 Å². The van der Waals surface area contributed by atoms with Crippen molar-refractivity contribution in [3.8, 4) is 11.3 Å². The third kappa shape index (κ3) is 3.33. The molecule has 0 bridgehead atoms. The van der Waals surface area contributed by atoms with E-state index >= 15 is 0 Å². The Balaban J connectivity index is 1.43. The number of nitrogens with two attached hydrogens (primary N) is 1. The molecular weight excluding hydrogens is 382 g/mol. The van der Waals surface area contributed by atoms with Crippen molar-refractivity contribution in [2.24, 2.45) is 5.73 Å². The summed E-state index contributed by atoms with van der Waals surface area (Å²) in [5.41, 5.74) is 10.1. The first-order valence-corrected chi connectivity index (χ1v) is 9.85. The number of hydrogen-bond acceptors (Lipinski definition) is 8. The number of carbonyl (C=O) groups is 1. The van der Waals surface area contributed by atoms with Crippen LogP contribution < -0.4 is 10.6 Å². The van der Waals surface area contributed by atoms with Gasteiger partial charge in [-0.05, 0) is 30.3 Å². The molecule has 4 aromatic rings. The van der Waals surface area contributed by atoms with E-state index in [1.807, 2.05) is 37.3 Å². The average molecular weight is 403 g/mol. The molecule has 1 saturated heterocycles. The van der Waals surface area contributed by atoms with Crippen LogP contribution in [0.25, 0.3) is 33.5 Å². The number of anilines is 1. The van der Waals surface area contributed by atoms with Crippen LogP contribution in [0.1, 0.15) is 5.89 Å². The van der Waals surface area contributed by atoms with E-state index < -0.39 is 0 Å². The Morgan fingerprint density at radius 3 is 2.70 bits per heavy atom. The molecule has 1 aliphatic heterocycles. The normalized spacial score (nSPS) is 14.6. The second-order valence-corrected chi connectivity index (χ2v) is 7.25. The molecule has 1 fully saturated rings. The Labute approximate surface area is 172 Å². The van der Waals surface area contributed by atoms with Crippen LogP contribution in [0.5, 0.6) is 0 Å². The van der Waals surface area contributed by atoms with E-state index in [-0.39, 0.29) is 12.5 Å². The lowest BCUT2D eigenvalue weighted by Gasteiger charge is -2.35. The second-order valence-electron chi connectivity index (χ2n) is 7.25. The molecule has 5 rings (SSSR count). The Morgan fingerprint density at radius 1 is 1.07 bits per heavy atom. The number of hydrogen-bond donors (Lipinski definition) is 1. The number of aromatic nitrogens is 4. The molecule has 3 aromatic heterocycles. The summed E-state index contributed by atoms with van der Waals surface area (Å²) in [6.07, 6.45) is 1.76. The van der Waals surface area contributed by atoms with Gasteiger partial charge >= 0.3 is 0 Å². The summed E-state index contributed by atoms with van der Waals surface area (Å²) in [7, 11) is 0. The number of fused-ring (bicyclic) bond motifs is 2. The van der Waals surface area contributed by atoms with Gasteiger partial charge in [-0.1, -0.05) is 0 Å². The van der Waals surface area contributed by atoms with Crippen LogP contribution in [0.2, 0.25) is 0 Å². The summed E-state index contributed by atoms with van der Waals surface area (Å²) < 4.78 is 5.55. The fourth-order valence-electron chi connectivity index (χ4n) is 3.72. The van der Waals surface area contributed by atoms with Gasteiger partial charge in [0.1, 0.15) is 16.9 Å². The van der Waals surface area contributed by atoms with Gasteiger partial charge in [0, 0.05) is 38.7 Å². The summed E-state index contributed by atoms with van der Waals surface area (Å²) in [6, 6.07) is 9.68. The fourth-order valence-corrected chi connectivity index (χ4v) is 3.72. The average Bonchev–Trinajstić information content (AvgIpc) is 3.17. The lowest BCUT2D eigenvalue weighted by molar-refractivity contribution is -0.129. The van der Waals surface area contributed by atoms with Gasteiger partial charge in [-0.15, -0.1) is 0 Å². The van der Waals surface area contributed by atoms with Crippen molar-refractivity contribution < 1.29 is 9.21 Å². The highest BCUT2D eigenvalue weighted by molar-refractivity contribution is 5.82. The summed E-state index contributed by atoms with van der Waals surface area (Å²) in [5, 5.41) is 0. The Hall–Kier alpha value is -3.59. The van der Waals surface area contributed by atoms with Crippen LogP contribution in [0.4, 0.5) is 5.82 Å². The third-order valence-corrected chi connectivity index (χ3v) is 5.32. The molecule has 0 aliphatic carbocycles. The number of piperazine rings is 1. The molecule has 1 aliphatic rings. The van der Waals surface area contributed by atoms with Crippen molar-refractivity contribution in [2.45, 2.75) is 6.92 Å². The van der Waals surface area contributed by atoms with Crippen molar-refractivity contribution in [3.05, 3.63) is 42.4 Å². The zero-order valence-electron chi connectivity index (χ0n) is 16.6. The summed E-state index contributed by atoms with van der Waals surface area (Å²) in [5.74, 6) is 1.37. The van der Waals surface area contributed by atoms with Gasteiger partial charge in [0.25, 0.3) is 0 Å². The largest absolute Gasteiger partial charge is 0.441 e. The van der Waals surface area contributed by atoms with E-state index in [0.717, 1.165) is 33.7 Å². The molecule has 0 spiro atoms. The van der Waals surface area contributed by atoms with Gasteiger partial charge in [0.05, 0.1) is 18.4 Å². The highest BCUT2D eigenvalue weighted by Crippen LogP contribution is 2.25. The van der Waals surface area contributed by atoms with E-state index in [9.17, 15) is 4.79 Å². The molecule has 0 atom stereocenters. The number of oxazole rings is 1. The van der Waals surface area contributed by atoms with Gasteiger partial charge in [0.15, 0.2) is 17.1 Å². The predicted octanol–water partition coefficient (Wildman–Crippen LogP) is 1.75. The van der Waals surface area contributed by atoms with E-state index in [1.54, 1.807) is 11.1 Å². The molecule has 30 heavy (non-hydrogen) atoms. The first-order chi connectivity index (χ1) is 14.6. The smallest absolute Gasteiger partial charge is 0.236 e. The lowest BCUT2D eigenvalue weighted by Crippen LogP contribution is -2.50. The minimum Gasteiger partial charge on any atom is -0.441 e. The van der Waals surface area contributed by atoms with Gasteiger partial charge in [-0.2, -0.15) is 0 Å². The van der Waals surface area contributed by atoms with E-state index in [1.165, 1.54) is 0 Å². The first-order valence-electron chi connectivity index (χ1n) is 9.85. The van der Waals surface area contributed by atoms with Crippen LogP contribution >= 0.6 is 0 Å². The van der Waals surface area contributed by atoms with Crippen LogP contribution in [0, 0.1) is 6.92 Å². The van der Waals surface area contributed by atoms with Gasteiger partial charge in [-0.3, -0.25) is 4.79 Å². The standard InChI is InChI=1S/C21H21N7O2/c1-13-24-17-10-14(2-5-18(17)30-13)15-3-4-16-21(25-15)26-19(12-23-16)27-6-8-28(9-7-27)20(29)11-22/h2-5,10,12H,6-9,11,22H2,1H3. The summed E-state index contributed by atoms with van der Waals surface area (Å²) in [4.78, 5) is 34.1. The fraction of sp³-hybridized carbons (Fsp3) is 0.286. The number of rotatable bonds is 3. The minimum absolute atomic E-state index is 0.0233. The molecule has 2 N–H and O–H groups in total. The molecule has 1 aromatic carbocycles. The van der Waals surface area contributed by atoms with Crippen LogP contribution in [-0.2, 0) is 4.79 Å². The monoisotopic (exact) mass is 403 g/mol. The molecule has 152 valence electrons. The highest BCUT2D eigenvalue weighted by Gasteiger charge is 2.21. The van der Waals surface area contributed by atoms with E-state index in [4.69, 9.17) is 20.1 Å². The lowest BCUT2D eigenvalue weighted by atomic mass is 10.1. The third-order valence-electron chi connectivity index (χ3n) is 5.32. The van der Waals surface area contributed by atoms with E-state index in [0.29, 0.717) is 37.7 Å². The van der Waals surface area contributed by atoms with Crippen molar-refractivity contribution in [2.75, 3.05) is 37.6 Å². The van der Waals surface area contributed by atoms with E-state index in [2.05, 4.69) is 14.9 Å². The van der Waals surface area contributed by atoms with Crippen LogP contribution in [0.3, 0.4) is 0 Å². The molecule has 9 heteroatoms. The maximum atomic E-state index is 11.8. The van der Waals surface area contributed by atoms with Gasteiger partial charge < -0.3 is 20.0 Å². The highest BCUT2D eigenvalue weighted by atomic mass is 16.3. The quantitative estimate of drug-likeness (QED) is 0.550. The molecule has 4 heterocycles. The zero-order valence-corrected chi connectivity index (χ0v) is 16.6. The van der Waals surface area contributed by atoms with Crippen LogP contribution in [-0.4, -0.2) is 63.5 Å². The summed E-state index contributed by atoms with van der Waals surface area (Å²) >= 11 is 0. The molecule has 0 unspecified atom stereocenters. The Morgan fingerprint density at radius 2 is 1.90 bits per heavy atom. The molecule has 9 nitrogen and oxygen atoms in total. The Bertz CT molecular complexity index is 1240. The molecule has 1 amide bonds. The topological polar surface area (TPSA) is 114 Å². The predicted molar refractivity (Wildman–Crippen MR) is 113 cm³/mol. The number of nitrogens with zero attached hydrogens (tertiary/aromatic N) is 6. The maximum absolute atomic E-state index is 11.8. The van der Waals surface area contributed by atoms with Crippen molar-refractivity contribution in [3.63, 3.8) is 0 Å². The Kier molecular flexibility index (Phi) is 4.51. The van der Waals surface area contributed by atoms with Gasteiger partial charge in [0.2, 0.25) is 5.91 Å². The van der Waals surface area contributed by atoms with Crippen LogP contribution in [0.15, 0.2) is 40.9 Å². The minimum atomic E-state index is -0.0233. The maximum Gasteiger partial charge on any atom is 0.236 e. The molecular formula is C21H21N7O2. The zero-order chi connectivity index (χ0) is 20.7. The van der Waals surface area contributed by atoms with Gasteiger partial charge in [-0.25, -0.2) is 19.9 Å². The summed E-state index contributed by atoms with van der Waals surface area (Å²) in [6.45, 7) is 4.50. The second kappa shape index (κ2) is 7.34. The first kappa shape index (κ1) is 18.4. The number of amides is 1. The molecule has 0 saturated carbocycles. The number of pyridine rings is 1. The molecule has 0 radical (unpaired) electrons. The number of benzene rings is 1. The number of aryl methyl sites for hydroxylation is 1.